The molecular weight excluding hydrogens is 216 g/mol. The number of carboxylic acid groups (broad SMARTS) is 1. The summed E-state index contributed by atoms with van der Waals surface area (Å²) < 4.78 is 6.94. The molecule has 0 bridgehead atoms. The second-order valence-electron chi connectivity index (χ2n) is 2.98. The Kier molecular flexibility index (Phi) is 6.12. The lowest BCUT2D eigenvalue weighted by atomic mass is 10.5. The van der Waals surface area contributed by atoms with Gasteiger partial charge in [0.25, 0.3) is 12.0 Å². The Morgan fingerprint density at radius 2 is 2.25 bits per heavy atom. The molecule has 0 aliphatic carbocycles. The number of carbonyl (C=O) groups is 1. The van der Waals surface area contributed by atoms with Gasteiger partial charge in [-0.15, -0.1) is 0 Å². The molecule has 1 aromatic rings. The molecule has 1 unspecified atom stereocenters. The van der Waals surface area contributed by atoms with E-state index in [9.17, 15) is 5.11 Å². The number of hydrogen-bond acceptors (Lipinski definition) is 5. The summed E-state index contributed by atoms with van der Waals surface area (Å²) in [6.45, 7) is 1.59. The number of aromatic nitrogens is 2. The second-order valence-corrected chi connectivity index (χ2v) is 2.98. The smallest absolute Gasteiger partial charge is 0.284 e. The van der Waals surface area contributed by atoms with Crippen LogP contribution in [0, 0.1) is 0 Å². The summed E-state index contributed by atoms with van der Waals surface area (Å²) in [6.07, 6.45) is 1.44. The molecule has 1 atom stereocenters. The molecule has 0 saturated carbocycles. The van der Waals surface area contributed by atoms with Crippen molar-refractivity contribution in [2.75, 3.05) is 7.11 Å². The van der Waals surface area contributed by atoms with Crippen molar-refractivity contribution in [1.82, 2.24) is 4.57 Å². The second kappa shape index (κ2) is 6.81. The number of aryl methyl sites for hydroxylation is 1. The quantitative estimate of drug-likeness (QED) is 0.467. The first-order valence-corrected chi connectivity index (χ1v) is 4.53. The molecule has 0 spiro atoms. The first-order chi connectivity index (χ1) is 7.43. The number of rotatable bonds is 2. The first-order valence-electron chi connectivity index (χ1n) is 4.53. The fraction of sp³-hybridized carbons (Fsp3) is 0.556. The summed E-state index contributed by atoms with van der Waals surface area (Å²) in [5.74, 6) is 0.694. The Balaban J connectivity index is 0.000000385. The van der Waals surface area contributed by atoms with Gasteiger partial charge in [0, 0.05) is 14.0 Å². The molecule has 1 heterocycles. The van der Waals surface area contributed by atoms with E-state index in [-0.39, 0.29) is 6.61 Å². The predicted molar refractivity (Wildman–Crippen MR) is 50.9 cm³/mol. The molecule has 0 aromatic carbocycles. The van der Waals surface area contributed by atoms with Crippen LogP contribution in [-0.4, -0.2) is 28.0 Å². The lowest BCUT2D eigenvalue weighted by Crippen LogP contribution is -2.40. The fourth-order valence-electron chi connectivity index (χ4n) is 1.06. The van der Waals surface area contributed by atoms with Crippen molar-refractivity contribution >= 4 is 6.16 Å². The Bertz CT molecular complexity index is 335. The van der Waals surface area contributed by atoms with Crippen molar-refractivity contribution in [1.29, 1.82) is 0 Å². The van der Waals surface area contributed by atoms with Crippen molar-refractivity contribution < 1.29 is 29.4 Å². The van der Waals surface area contributed by atoms with Gasteiger partial charge >= 0.3 is 0 Å². The number of hydrogen-bond donors (Lipinski definition) is 2. The maximum atomic E-state index is 9.19. The van der Waals surface area contributed by atoms with Crippen molar-refractivity contribution in [3.63, 3.8) is 0 Å². The van der Waals surface area contributed by atoms with Gasteiger partial charge in [-0.1, -0.05) is 0 Å². The molecule has 1 aromatic heterocycles. The van der Waals surface area contributed by atoms with Crippen molar-refractivity contribution in [3.8, 4) is 0 Å². The van der Waals surface area contributed by atoms with Crippen LogP contribution in [0.5, 0.6) is 0 Å². The van der Waals surface area contributed by atoms with E-state index in [1.54, 1.807) is 28.5 Å². The zero-order valence-corrected chi connectivity index (χ0v) is 9.45. The van der Waals surface area contributed by atoms with E-state index in [2.05, 4.69) is 4.74 Å². The number of nitrogens with zero attached hydrogens (tertiary/aromatic N) is 2. The van der Waals surface area contributed by atoms with Gasteiger partial charge in [-0.2, -0.15) is 0 Å². The average molecular weight is 232 g/mol. The van der Waals surface area contributed by atoms with Crippen LogP contribution in [0.4, 0.5) is 4.79 Å². The number of methoxy groups -OCH3 is 1. The Labute approximate surface area is 93.1 Å². The molecule has 0 saturated heterocycles. The third-order valence-electron chi connectivity index (χ3n) is 1.87. The van der Waals surface area contributed by atoms with Gasteiger partial charge < -0.3 is 24.9 Å². The standard InChI is InChI=1S/C7H13N2O2.C2H4O3/c1-6(11)9-4-3-8(2)7(9)5-10;1-5-2(3)4/h3-4,6,10-11H,5H2,1-2H3;1H3,(H,3,4)/q+1;/p-1. The van der Waals surface area contributed by atoms with E-state index in [1.165, 1.54) is 0 Å². The van der Waals surface area contributed by atoms with Crippen LogP contribution in [0.15, 0.2) is 12.4 Å². The molecule has 7 nitrogen and oxygen atoms in total. The topological polar surface area (TPSA) is 98.6 Å². The van der Waals surface area contributed by atoms with Crippen molar-refractivity contribution in [2.45, 2.75) is 19.8 Å². The summed E-state index contributed by atoms with van der Waals surface area (Å²) in [7, 11) is 2.86. The van der Waals surface area contributed by atoms with E-state index in [1.807, 2.05) is 7.05 Å². The zero-order chi connectivity index (χ0) is 12.7. The van der Waals surface area contributed by atoms with Gasteiger partial charge in [-0.3, -0.25) is 0 Å². The SMILES string of the molecule is CC(O)[n+]1ccn(C)c1CO.COC(=O)[O-]. The molecule has 7 heteroatoms. The molecule has 92 valence electrons. The maximum absolute atomic E-state index is 9.19. The fourth-order valence-corrected chi connectivity index (χ4v) is 1.06. The normalized spacial score (nSPS) is 11.3. The highest BCUT2D eigenvalue weighted by molar-refractivity contribution is 5.53. The summed E-state index contributed by atoms with van der Waals surface area (Å²) >= 11 is 0. The van der Waals surface area contributed by atoms with Crippen LogP contribution in [0.3, 0.4) is 0 Å². The van der Waals surface area contributed by atoms with E-state index < -0.39 is 12.4 Å². The van der Waals surface area contributed by atoms with Crippen molar-refractivity contribution in [3.05, 3.63) is 18.2 Å². The lowest BCUT2D eigenvalue weighted by Gasteiger charge is -2.01. The number of aliphatic hydroxyl groups is 2. The zero-order valence-electron chi connectivity index (χ0n) is 9.45. The largest absolute Gasteiger partial charge is 0.553 e. The monoisotopic (exact) mass is 232 g/mol. The van der Waals surface area contributed by atoms with Crippen LogP contribution in [0.1, 0.15) is 19.0 Å². The molecule has 1 rings (SSSR count). The molecule has 16 heavy (non-hydrogen) atoms. The minimum absolute atomic E-state index is 0.0611. The number of aliphatic hydroxyl groups excluding tert-OH is 2. The highest BCUT2D eigenvalue weighted by atomic mass is 16.6. The van der Waals surface area contributed by atoms with Crippen LogP contribution in [0.2, 0.25) is 0 Å². The minimum Gasteiger partial charge on any atom is -0.553 e. The molecular formula is C9H16N2O5. The first kappa shape index (κ1) is 14.4. The van der Waals surface area contributed by atoms with E-state index in [0.29, 0.717) is 5.82 Å². The van der Waals surface area contributed by atoms with Gasteiger partial charge in [0.1, 0.15) is 19.0 Å². The van der Waals surface area contributed by atoms with Crippen LogP contribution >= 0.6 is 0 Å². The van der Waals surface area contributed by atoms with Gasteiger partial charge in [0.15, 0.2) is 6.23 Å². The number of imidazole rings is 1. The third kappa shape index (κ3) is 4.28. The lowest BCUT2D eigenvalue weighted by molar-refractivity contribution is -0.763. The predicted octanol–water partition coefficient (Wildman–Crippen LogP) is -1.71. The van der Waals surface area contributed by atoms with Gasteiger partial charge in [-0.25, -0.2) is 9.13 Å². The van der Waals surface area contributed by atoms with Gasteiger partial charge in [0.05, 0.1) is 7.05 Å². The van der Waals surface area contributed by atoms with Crippen molar-refractivity contribution in [2.24, 2.45) is 7.05 Å². The van der Waals surface area contributed by atoms with E-state index in [0.717, 1.165) is 7.11 Å². The summed E-state index contributed by atoms with van der Waals surface area (Å²) in [5, 5.41) is 27.1. The van der Waals surface area contributed by atoms with E-state index >= 15 is 0 Å². The highest BCUT2D eigenvalue weighted by Crippen LogP contribution is 1.95. The van der Waals surface area contributed by atoms with Crippen LogP contribution in [0.25, 0.3) is 0 Å². The molecule has 2 N–H and O–H groups in total. The Morgan fingerprint density at radius 3 is 2.50 bits per heavy atom. The average Bonchev–Trinajstić information content (AvgIpc) is 2.60. The molecule has 0 amide bonds. The maximum Gasteiger partial charge on any atom is 0.284 e. The number of ether oxygens (including phenoxy) is 1. The minimum atomic E-state index is -1.50. The summed E-state index contributed by atoms with van der Waals surface area (Å²) in [4.78, 5) is 9.03. The molecule has 0 aliphatic rings. The summed E-state index contributed by atoms with van der Waals surface area (Å²) in [6, 6.07) is 0. The third-order valence-corrected chi connectivity index (χ3v) is 1.87. The van der Waals surface area contributed by atoms with Crippen LogP contribution in [-0.2, 0) is 18.4 Å². The van der Waals surface area contributed by atoms with Gasteiger partial charge in [-0.05, 0) is 0 Å². The summed E-state index contributed by atoms with van der Waals surface area (Å²) in [5.41, 5.74) is 0. The Hall–Kier alpha value is -1.60. The molecule has 0 radical (unpaired) electrons. The number of carbonyl (C=O) groups excluding carboxylic acids is 1. The molecule has 0 fully saturated rings. The Morgan fingerprint density at radius 1 is 1.75 bits per heavy atom. The van der Waals surface area contributed by atoms with E-state index in [4.69, 9.17) is 15.0 Å². The molecule has 0 aliphatic heterocycles. The van der Waals surface area contributed by atoms with Crippen LogP contribution < -0.4 is 9.67 Å². The highest BCUT2D eigenvalue weighted by Gasteiger charge is 2.15. The van der Waals surface area contributed by atoms with Gasteiger partial charge in [0.2, 0.25) is 0 Å².